The summed E-state index contributed by atoms with van der Waals surface area (Å²) >= 11 is 4.91. The first-order valence-corrected chi connectivity index (χ1v) is 7.24. The van der Waals surface area contributed by atoms with Crippen LogP contribution in [0.2, 0.25) is 0 Å². The predicted octanol–water partition coefficient (Wildman–Crippen LogP) is 0.227. The first-order valence-electron chi connectivity index (χ1n) is 5.39. The molecule has 0 unspecified atom stereocenters. The molecule has 0 aromatic rings. The van der Waals surface area contributed by atoms with Gasteiger partial charge in [0.05, 0.1) is 4.99 Å². The van der Waals surface area contributed by atoms with Crippen molar-refractivity contribution in [3.05, 3.63) is 0 Å². The summed E-state index contributed by atoms with van der Waals surface area (Å²) in [6.45, 7) is 4.59. The number of piperidine rings is 1. The van der Waals surface area contributed by atoms with Crippen molar-refractivity contribution in [3.63, 3.8) is 0 Å². The van der Waals surface area contributed by atoms with Gasteiger partial charge in [-0.1, -0.05) is 12.2 Å². The monoisotopic (exact) mass is 265 g/mol. The van der Waals surface area contributed by atoms with Gasteiger partial charge < -0.3 is 5.73 Å². The minimum Gasteiger partial charge on any atom is -0.393 e. The van der Waals surface area contributed by atoms with E-state index in [9.17, 15) is 8.42 Å². The van der Waals surface area contributed by atoms with Crippen molar-refractivity contribution in [2.75, 3.05) is 13.1 Å². The molecule has 1 aliphatic rings. The molecule has 1 rings (SSSR count). The minimum absolute atomic E-state index is 0.0849. The van der Waals surface area contributed by atoms with E-state index in [1.54, 1.807) is 13.8 Å². The van der Waals surface area contributed by atoms with Crippen LogP contribution in [0, 0.1) is 5.92 Å². The van der Waals surface area contributed by atoms with Crippen molar-refractivity contribution in [1.82, 2.24) is 9.03 Å². The maximum Gasteiger partial charge on any atom is 0.279 e. The molecule has 1 aliphatic heterocycles. The van der Waals surface area contributed by atoms with Gasteiger partial charge in [-0.25, -0.2) is 0 Å². The second-order valence-corrected chi connectivity index (χ2v) is 6.53. The number of hydrogen-bond donors (Lipinski definition) is 2. The van der Waals surface area contributed by atoms with Gasteiger partial charge >= 0.3 is 0 Å². The van der Waals surface area contributed by atoms with Gasteiger partial charge in [0.25, 0.3) is 10.2 Å². The molecule has 16 heavy (non-hydrogen) atoms. The second kappa shape index (κ2) is 5.39. The molecule has 0 atom stereocenters. The zero-order chi connectivity index (χ0) is 12.3. The van der Waals surface area contributed by atoms with Crippen LogP contribution >= 0.6 is 12.2 Å². The zero-order valence-corrected chi connectivity index (χ0v) is 11.3. The smallest absolute Gasteiger partial charge is 0.279 e. The third-order valence-corrected chi connectivity index (χ3v) is 4.73. The van der Waals surface area contributed by atoms with Gasteiger partial charge in [-0.05, 0) is 26.7 Å². The third-order valence-electron chi connectivity index (χ3n) is 2.58. The topological polar surface area (TPSA) is 75.4 Å². The van der Waals surface area contributed by atoms with Gasteiger partial charge in [-0.2, -0.15) is 17.4 Å². The second-order valence-electron chi connectivity index (χ2n) is 4.35. The summed E-state index contributed by atoms with van der Waals surface area (Å²) in [5, 5.41) is 0. The van der Waals surface area contributed by atoms with Crippen LogP contribution in [0.3, 0.4) is 0 Å². The molecule has 1 saturated heterocycles. The van der Waals surface area contributed by atoms with Crippen LogP contribution < -0.4 is 10.5 Å². The van der Waals surface area contributed by atoms with Crippen LogP contribution in [0.15, 0.2) is 0 Å². The van der Waals surface area contributed by atoms with Crippen LogP contribution in [0.25, 0.3) is 0 Å². The number of rotatable bonds is 4. The molecule has 94 valence electrons. The van der Waals surface area contributed by atoms with Crippen molar-refractivity contribution in [1.29, 1.82) is 0 Å². The molecule has 3 N–H and O–H groups in total. The van der Waals surface area contributed by atoms with Gasteiger partial charge in [0, 0.05) is 25.0 Å². The van der Waals surface area contributed by atoms with Crippen LogP contribution in [0.4, 0.5) is 0 Å². The van der Waals surface area contributed by atoms with Crippen LogP contribution in [0.1, 0.15) is 26.7 Å². The Balaban J connectivity index is 2.56. The van der Waals surface area contributed by atoms with E-state index in [0.717, 1.165) is 0 Å². The van der Waals surface area contributed by atoms with Crippen LogP contribution in [0.5, 0.6) is 0 Å². The normalized spacial score (nSPS) is 20.2. The van der Waals surface area contributed by atoms with Crippen molar-refractivity contribution in [3.8, 4) is 0 Å². The Morgan fingerprint density at radius 2 is 1.94 bits per heavy atom. The average molecular weight is 265 g/mol. The van der Waals surface area contributed by atoms with E-state index in [2.05, 4.69) is 4.72 Å². The molecule has 0 bridgehead atoms. The molecule has 1 heterocycles. The lowest BCUT2D eigenvalue weighted by Crippen LogP contribution is -2.48. The van der Waals surface area contributed by atoms with Gasteiger partial charge in [0.1, 0.15) is 0 Å². The molecular weight excluding hydrogens is 246 g/mol. The quantitative estimate of drug-likeness (QED) is 0.713. The average Bonchev–Trinajstić information content (AvgIpc) is 2.16. The fraction of sp³-hybridized carbons (Fsp3) is 0.889. The van der Waals surface area contributed by atoms with E-state index < -0.39 is 10.2 Å². The van der Waals surface area contributed by atoms with Gasteiger partial charge in [0.15, 0.2) is 0 Å². The molecule has 0 saturated carbocycles. The van der Waals surface area contributed by atoms with E-state index in [-0.39, 0.29) is 12.0 Å². The van der Waals surface area contributed by atoms with Gasteiger partial charge in [-0.3, -0.25) is 0 Å². The Kier molecular flexibility index (Phi) is 4.66. The number of hydrogen-bond acceptors (Lipinski definition) is 3. The maximum absolute atomic E-state index is 11.8. The number of nitrogens with two attached hydrogens (primary N) is 1. The lowest BCUT2D eigenvalue weighted by molar-refractivity contribution is 0.311. The summed E-state index contributed by atoms with van der Waals surface area (Å²) < 4.78 is 27.7. The molecule has 5 nitrogen and oxygen atoms in total. The Morgan fingerprint density at radius 1 is 1.44 bits per heavy atom. The molecular formula is C9H19N3O2S2. The molecule has 0 aliphatic carbocycles. The largest absolute Gasteiger partial charge is 0.393 e. The summed E-state index contributed by atoms with van der Waals surface area (Å²) in [4.78, 5) is 0.494. The Bertz CT molecular complexity index is 346. The SMILES string of the molecule is CC(C)NS(=O)(=O)N1CCC(C(N)=S)CC1. The van der Waals surface area contributed by atoms with Crippen molar-refractivity contribution < 1.29 is 8.42 Å². The van der Waals surface area contributed by atoms with E-state index in [1.165, 1.54) is 4.31 Å². The zero-order valence-electron chi connectivity index (χ0n) is 9.64. The maximum atomic E-state index is 11.8. The van der Waals surface area contributed by atoms with Crippen molar-refractivity contribution in [2.45, 2.75) is 32.7 Å². The highest BCUT2D eigenvalue weighted by Gasteiger charge is 2.29. The lowest BCUT2D eigenvalue weighted by atomic mass is 9.98. The highest BCUT2D eigenvalue weighted by molar-refractivity contribution is 7.87. The molecule has 0 radical (unpaired) electrons. The number of thiocarbonyl (C=S) groups is 1. The highest BCUT2D eigenvalue weighted by atomic mass is 32.2. The molecule has 7 heteroatoms. The first kappa shape index (κ1) is 13.8. The summed E-state index contributed by atoms with van der Waals surface area (Å²) in [6.07, 6.45) is 1.43. The fourth-order valence-electron chi connectivity index (χ4n) is 1.75. The standard InChI is InChI=1S/C9H19N3O2S2/c1-7(2)11-16(13,14)12-5-3-8(4-6-12)9(10)15/h7-8,11H,3-6H2,1-2H3,(H2,10,15). The fourth-order valence-corrected chi connectivity index (χ4v) is 3.43. The van der Waals surface area contributed by atoms with Gasteiger partial charge in [-0.15, -0.1) is 0 Å². The summed E-state index contributed by atoms with van der Waals surface area (Å²) in [6, 6.07) is -0.0849. The Morgan fingerprint density at radius 3 is 2.31 bits per heavy atom. The predicted molar refractivity (Wildman–Crippen MR) is 68.3 cm³/mol. The van der Waals surface area contributed by atoms with Gasteiger partial charge in [0.2, 0.25) is 0 Å². The molecule has 0 spiro atoms. The molecule has 1 fully saturated rings. The van der Waals surface area contributed by atoms with Crippen LogP contribution in [-0.4, -0.2) is 36.8 Å². The lowest BCUT2D eigenvalue weighted by Gasteiger charge is -2.31. The Labute approximate surface area is 103 Å². The van der Waals surface area contributed by atoms with Crippen molar-refractivity contribution >= 4 is 27.4 Å². The Hall–Kier alpha value is -0.240. The van der Waals surface area contributed by atoms with E-state index in [1.807, 2.05) is 0 Å². The summed E-state index contributed by atoms with van der Waals surface area (Å²) in [5.74, 6) is 0.181. The third kappa shape index (κ3) is 3.65. The highest BCUT2D eigenvalue weighted by Crippen LogP contribution is 2.19. The minimum atomic E-state index is -3.33. The molecule has 0 aromatic heterocycles. The number of nitrogens with one attached hydrogen (secondary N) is 1. The van der Waals surface area contributed by atoms with Crippen molar-refractivity contribution in [2.24, 2.45) is 11.7 Å². The summed E-state index contributed by atoms with van der Waals surface area (Å²) in [7, 11) is -3.33. The van der Waals surface area contributed by atoms with Crippen LogP contribution in [-0.2, 0) is 10.2 Å². The van der Waals surface area contributed by atoms with E-state index >= 15 is 0 Å². The molecule has 0 amide bonds. The number of nitrogens with zero attached hydrogens (tertiary/aromatic N) is 1. The first-order chi connectivity index (χ1) is 7.33. The summed E-state index contributed by atoms with van der Waals surface area (Å²) in [5.41, 5.74) is 5.55. The van der Waals surface area contributed by atoms with E-state index in [0.29, 0.717) is 30.9 Å². The van der Waals surface area contributed by atoms with E-state index in [4.69, 9.17) is 18.0 Å². The molecule has 0 aromatic carbocycles.